The first kappa shape index (κ1) is 9.79. The Morgan fingerprint density at radius 1 is 1.47 bits per heavy atom. The molecule has 0 bridgehead atoms. The van der Waals surface area contributed by atoms with Gasteiger partial charge >= 0.3 is 0 Å². The van der Waals surface area contributed by atoms with E-state index in [0.29, 0.717) is 16.3 Å². The van der Waals surface area contributed by atoms with Gasteiger partial charge in [-0.05, 0) is 6.92 Å². The highest BCUT2D eigenvalue weighted by Crippen LogP contribution is 2.32. The Morgan fingerprint density at radius 3 is 2.87 bits per heavy atom. The monoisotopic (exact) mass is 219 g/mol. The number of nitrogen functional groups attached to an aromatic ring is 1. The molecule has 0 unspecified atom stereocenters. The fraction of sp³-hybridized carbons (Fsp3) is 0.100. The van der Waals surface area contributed by atoms with E-state index in [1.165, 1.54) is 18.3 Å². The van der Waals surface area contributed by atoms with Gasteiger partial charge in [0, 0.05) is 23.3 Å². The molecule has 0 atom stereocenters. The number of hydrogen-bond donors (Lipinski definition) is 1. The van der Waals surface area contributed by atoms with Gasteiger partial charge in [-0.25, -0.2) is 0 Å². The number of rotatable bonds is 2. The van der Waals surface area contributed by atoms with Gasteiger partial charge in [-0.1, -0.05) is 0 Å². The van der Waals surface area contributed by atoms with Crippen molar-refractivity contribution in [2.45, 2.75) is 6.92 Å². The van der Waals surface area contributed by atoms with Crippen molar-refractivity contribution in [3.63, 3.8) is 0 Å². The molecule has 5 heteroatoms. The molecule has 2 aromatic heterocycles. The van der Waals surface area contributed by atoms with Crippen molar-refractivity contribution < 1.29 is 4.79 Å². The molecule has 2 N–H and O–H groups in total. The van der Waals surface area contributed by atoms with Gasteiger partial charge in [-0.3, -0.25) is 14.8 Å². The normalized spacial score (nSPS) is 10.2. The molecule has 0 spiro atoms. The van der Waals surface area contributed by atoms with E-state index in [-0.39, 0.29) is 5.78 Å². The number of carbonyl (C=O) groups excluding carboxylic acids is 1. The summed E-state index contributed by atoms with van der Waals surface area (Å²) in [6.45, 7) is 1.50. The van der Waals surface area contributed by atoms with E-state index in [1.54, 1.807) is 18.6 Å². The van der Waals surface area contributed by atoms with E-state index in [4.69, 9.17) is 5.73 Å². The lowest BCUT2D eigenvalue weighted by Crippen LogP contribution is -1.98. The van der Waals surface area contributed by atoms with Crippen LogP contribution in [0.15, 0.2) is 24.0 Å². The van der Waals surface area contributed by atoms with E-state index in [9.17, 15) is 4.79 Å². The SMILES string of the molecule is CC(=O)c1c(-c2cnccn2)csc1N. The Bertz CT molecular complexity index is 493. The molecule has 15 heavy (non-hydrogen) atoms. The molecular weight excluding hydrogens is 210 g/mol. The van der Waals surface area contributed by atoms with Gasteiger partial charge in [0.15, 0.2) is 5.78 Å². The fourth-order valence-electron chi connectivity index (χ4n) is 1.36. The predicted molar refractivity (Wildman–Crippen MR) is 59.8 cm³/mol. The third-order valence-corrected chi connectivity index (χ3v) is 2.82. The predicted octanol–water partition coefficient (Wildman–Crippen LogP) is 1.99. The lowest BCUT2D eigenvalue weighted by Gasteiger charge is -2.00. The largest absolute Gasteiger partial charge is 0.390 e. The number of nitrogens with two attached hydrogens (primary N) is 1. The van der Waals surface area contributed by atoms with Crippen LogP contribution in [0, 0.1) is 0 Å². The van der Waals surface area contributed by atoms with Gasteiger partial charge in [0.25, 0.3) is 0 Å². The number of anilines is 1. The zero-order valence-electron chi connectivity index (χ0n) is 8.10. The topological polar surface area (TPSA) is 68.9 Å². The highest BCUT2D eigenvalue weighted by atomic mass is 32.1. The average Bonchev–Trinajstić information content (AvgIpc) is 2.61. The first-order chi connectivity index (χ1) is 7.20. The van der Waals surface area contributed by atoms with Crippen LogP contribution < -0.4 is 5.73 Å². The van der Waals surface area contributed by atoms with Crippen LogP contribution in [0.1, 0.15) is 17.3 Å². The summed E-state index contributed by atoms with van der Waals surface area (Å²) in [5, 5.41) is 2.36. The van der Waals surface area contributed by atoms with Gasteiger partial charge in [-0.2, -0.15) is 0 Å². The maximum atomic E-state index is 11.4. The van der Waals surface area contributed by atoms with Gasteiger partial charge < -0.3 is 5.73 Å². The number of thiophene rings is 1. The molecule has 0 saturated carbocycles. The summed E-state index contributed by atoms with van der Waals surface area (Å²) in [5.41, 5.74) is 7.71. The number of Topliss-reactive ketones (excluding diaryl/α,β-unsaturated/α-hetero) is 1. The summed E-state index contributed by atoms with van der Waals surface area (Å²) < 4.78 is 0. The maximum Gasteiger partial charge on any atom is 0.163 e. The molecule has 76 valence electrons. The van der Waals surface area contributed by atoms with Crippen LogP contribution in [0.2, 0.25) is 0 Å². The number of nitrogens with zero attached hydrogens (tertiary/aromatic N) is 2. The molecule has 2 rings (SSSR count). The minimum atomic E-state index is -0.0468. The van der Waals surface area contributed by atoms with E-state index in [1.807, 2.05) is 5.38 Å². The van der Waals surface area contributed by atoms with E-state index in [0.717, 1.165) is 5.56 Å². The Hall–Kier alpha value is -1.75. The van der Waals surface area contributed by atoms with Gasteiger partial charge in [-0.15, -0.1) is 11.3 Å². The molecule has 0 aliphatic heterocycles. The smallest absolute Gasteiger partial charge is 0.163 e. The van der Waals surface area contributed by atoms with Gasteiger partial charge in [0.05, 0.1) is 22.5 Å². The van der Waals surface area contributed by atoms with Crippen LogP contribution >= 0.6 is 11.3 Å². The highest BCUT2D eigenvalue weighted by Gasteiger charge is 2.15. The number of aromatic nitrogens is 2. The second kappa shape index (κ2) is 3.78. The summed E-state index contributed by atoms with van der Waals surface area (Å²) in [7, 11) is 0. The molecule has 4 nitrogen and oxygen atoms in total. The minimum absolute atomic E-state index is 0.0468. The zero-order chi connectivity index (χ0) is 10.8. The zero-order valence-corrected chi connectivity index (χ0v) is 8.91. The second-order valence-electron chi connectivity index (χ2n) is 3.04. The number of hydrogen-bond acceptors (Lipinski definition) is 5. The summed E-state index contributed by atoms with van der Waals surface area (Å²) in [4.78, 5) is 19.5. The molecule has 0 aromatic carbocycles. The minimum Gasteiger partial charge on any atom is -0.390 e. The van der Waals surface area contributed by atoms with E-state index in [2.05, 4.69) is 9.97 Å². The quantitative estimate of drug-likeness (QED) is 0.784. The van der Waals surface area contributed by atoms with Crippen molar-refractivity contribution in [3.8, 4) is 11.3 Å². The summed E-state index contributed by atoms with van der Waals surface area (Å²) in [5.74, 6) is -0.0468. The van der Waals surface area contributed by atoms with Crippen molar-refractivity contribution in [1.82, 2.24) is 9.97 Å². The lowest BCUT2D eigenvalue weighted by atomic mass is 10.1. The van der Waals surface area contributed by atoms with Crippen molar-refractivity contribution >= 4 is 22.1 Å². The molecular formula is C10H9N3OS. The molecule has 0 aliphatic rings. The summed E-state index contributed by atoms with van der Waals surface area (Å²) in [6, 6.07) is 0. The van der Waals surface area contributed by atoms with Crippen molar-refractivity contribution in [2.75, 3.05) is 5.73 Å². The Balaban J connectivity index is 2.59. The van der Waals surface area contributed by atoms with Crippen molar-refractivity contribution in [1.29, 1.82) is 0 Å². The van der Waals surface area contributed by atoms with Crippen LogP contribution in [0.3, 0.4) is 0 Å². The van der Waals surface area contributed by atoms with Gasteiger partial charge in [0.2, 0.25) is 0 Å². The van der Waals surface area contributed by atoms with Crippen LogP contribution in [-0.4, -0.2) is 15.8 Å². The molecule has 0 amide bonds. The molecule has 2 heterocycles. The summed E-state index contributed by atoms with van der Waals surface area (Å²) >= 11 is 1.34. The van der Waals surface area contributed by atoms with Crippen LogP contribution in [0.25, 0.3) is 11.3 Å². The van der Waals surface area contributed by atoms with E-state index >= 15 is 0 Å². The van der Waals surface area contributed by atoms with Crippen LogP contribution in [0.4, 0.5) is 5.00 Å². The standard InChI is InChI=1S/C10H9N3OS/c1-6(14)9-7(5-15-10(9)11)8-4-12-2-3-13-8/h2-5H,11H2,1H3. The third-order valence-electron chi connectivity index (χ3n) is 2.01. The fourth-order valence-corrected chi connectivity index (χ4v) is 2.22. The molecule has 0 radical (unpaired) electrons. The molecule has 2 aromatic rings. The van der Waals surface area contributed by atoms with Crippen LogP contribution in [0.5, 0.6) is 0 Å². The Kier molecular flexibility index (Phi) is 2.47. The maximum absolute atomic E-state index is 11.4. The second-order valence-corrected chi connectivity index (χ2v) is 3.95. The third kappa shape index (κ3) is 1.73. The summed E-state index contributed by atoms with van der Waals surface area (Å²) in [6.07, 6.45) is 4.80. The van der Waals surface area contributed by atoms with E-state index < -0.39 is 0 Å². The molecule has 0 aliphatic carbocycles. The van der Waals surface area contributed by atoms with Gasteiger partial charge in [0.1, 0.15) is 0 Å². The van der Waals surface area contributed by atoms with Crippen molar-refractivity contribution in [2.24, 2.45) is 0 Å². The first-order valence-electron chi connectivity index (χ1n) is 4.34. The Labute approximate surface area is 90.8 Å². The Morgan fingerprint density at radius 2 is 2.27 bits per heavy atom. The van der Waals surface area contributed by atoms with Crippen molar-refractivity contribution in [3.05, 3.63) is 29.5 Å². The van der Waals surface area contributed by atoms with Crippen LogP contribution in [-0.2, 0) is 0 Å². The molecule has 0 fully saturated rings. The average molecular weight is 219 g/mol. The number of carbonyl (C=O) groups is 1. The number of ketones is 1. The highest BCUT2D eigenvalue weighted by molar-refractivity contribution is 7.15. The lowest BCUT2D eigenvalue weighted by molar-refractivity contribution is 0.101. The first-order valence-corrected chi connectivity index (χ1v) is 5.22. The molecule has 0 saturated heterocycles.